The molecular formula is C15H18N4O. The molecule has 1 atom stereocenters. The summed E-state index contributed by atoms with van der Waals surface area (Å²) < 4.78 is 1.70. The molecule has 1 aliphatic rings. The predicted octanol–water partition coefficient (Wildman–Crippen LogP) is 2.09. The first-order valence-electron chi connectivity index (χ1n) is 6.79. The molecule has 5 heteroatoms. The van der Waals surface area contributed by atoms with Crippen LogP contribution in [0.2, 0.25) is 0 Å². The molecule has 0 bridgehead atoms. The number of fused-ring (bicyclic) bond motifs is 1. The third kappa shape index (κ3) is 2.39. The SMILES string of the molecule is Cc1nn(C)cc1NC(=O)C1CCc2ccccc2N1. The van der Waals surface area contributed by atoms with Gasteiger partial charge in [-0.2, -0.15) is 5.10 Å². The van der Waals surface area contributed by atoms with Gasteiger partial charge in [-0.1, -0.05) is 18.2 Å². The van der Waals surface area contributed by atoms with Gasteiger partial charge in [0.25, 0.3) is 0 Å². The number of carbonyl (C=O) groups is 1. The van der Waals surface area contributed by atoms with Crippen molar-refractivity contribution in [1.82, 2.24) is 9.78 Å². The lowest BCUT2D eigenvalue weighted by atomic mass is 9.97. The second kappa shape index (κ2) is 5.00. The Kier molecular flexibility index (Phi) is 3.18. The van der Waals surface area contributed by atoms with E-state index in [1.54, 1.807) is 4.68 Å². The molecule has 0 spiro atoms. The molecule has 20 heavy (non-hydrogen) atoms. The van der Waals surface area contributed by atoms with Crippen LogP contribution < -0.4 is 10.6 Å². The molecule has 1 amide bonds. The average Bonchev–Trinajstić information content (AvgIpc) is 2.76. The number of anilines is 2. The van der Waals surface area contributed by atoms with Gasteiger partial charge in [-0.05, 0) is 31.4 Å². The molecule has 2 N–H and O–H groups in total. The van der Waals surface area contributed by atoms with Crippen LogP contribution in [0.25, 0.3) is 0 Å². The van der Waals surface area contributed by atoms with E-state index in [0.717, 1.165) is 29.9 Å². The Hall–Kier alpha value is -2.30. The molecule has 5 nitrogen and oxygen atoms in total. The van der Waals surface area contributed by atoms with Crippen LogP contribution >= 0.6 is 0 Å². The van der Waals surface area contributed by atoms with Gasteiger partial charge in [-0.15, -0.1) is 0 Å². The number of para-hydroxylation sites is 1. The Morgan fingerprint density at radius 2 is 2.25 bits per heavy atom. The Morgan fingerprint density at radius 1 is 1.45 bits per heavy atom. The highest BCUT2D eigenvalue weighted by atomic mass is 16.2. The first-order chi connectivity index (χ1) is 9.63. The number of carbonyl (C=O) groups excluding carboxylic acids is 1. The molecule has 0 fully saturated rings. The highest BCUT2D eigenvalue weighted by Gasteiger charge is 2.24. The first-order valence-corrected chi connectivity index (χ1v) is 6.79. The summed E-state index contributed by atoms with van der Waals surface area (Å²) in [5.74, 6) is -0.00407. The molecule has 1 aromatic heterocycles. The van der Waals surface area contributed by atoms with E-state index < -0.39 is 0 Å². The van der Waals surface area contributed by atoms with E-state index in [2.05, 4.69) is 21.8 Å². The van der Waals surface area contributed by atoms with E-state index in [-0.39, 0.29) is 11.9 Å². The molecule has 0 saturated heterocycles. The summed E-state index contributed by atoms with van der Waals surface area (Å²) in [6.07, 6.45) is 3.56. The van der Waals surface area contributed by atoms with Crippen LogP contribution in [0.3, 0.4) is 0 Å². The number of benzene rings is 1. The van der Waals surface area contributed by atoms with E-state index in [0.29, 0.717) is 0 Å². The molecule has 0 saturated carbocycles. The third-order valence-electron chi connectivity index (χ3n) is 3.64. The number of aromatic nitrogens is 2. The largest absolute Gasteiger partial charge is 0.373 e. The highest BCUT2D eigenvalue weighted by Crippen LogP contribution is 2.25. The second-order valence-electron chi connectivity index (χ2n) is 5.18. The minimum Gasteiger partial charge on any atom is -0.373 e. The van der Waals surface area contributed by atoms with Gasteiger partial charge in [-0.3, -0.25) is 9.48 Å². The summed E-state index contributed by atoms with van der Waals surface area (Å²) >= 11 is 0. The van der Waals surface area contributed by atoms with E-state index in [9.17, 15) is 4.79 Å². The van der Waals surface area contributed by atoms with Crippen LogP contribution in [0.5, 0.6) is 0 Å². The van der Waals surface area contributed by atoms with E-state index >= 15 is 0 Å². The monoisotopic (exact) mass is 270 g/mol. The zero-order valence-corrected chi connectivity index (χ0v) is 11.7. The fraction of sp³-hybridized carbons (Fsp3) is 0.333. The number of amides is 1. The molecule has 1 aromatic carbocycles. The van der Waals surface area contributed by atoms with Gasteiger partial charge in [0.05, 0.1) is 11.4 Å². The molecule has 2 aromatic rings. The molecule has 0 radical (unpaired) electrons. The molecular weight excluding hydrogens is 252 g/mol. The van der Waals surface area contributed by atoms with Crippen LogP contribution in [0, 0.1) is 6.92 Å². The highest BCUT2D eigenvalue weighted by molar-refractivity contribution is 5.97. The van der Waals surface area contributed by atoms with Crippen molar-refractivity contribution in [3.8, 4) is 0 Å². The van der Waals surface area contributed by atoms with Gasteiger partial charge in [0.1, 0.15) is 6.04 Å². The van der Waals surface area contributed by atoms with Crippen LogP contribution in [-0.2, 0) is 18.3 Å². The van der Waals surface area contributed by atoms with Crippen molar-refractivity contribution in [2.24, 2.45) is 7.05 Å². The first kappa shape index (κ1) is 12.7. The van der Waals surface area contributed by atoms with Gasteiger partial charge < -0.3 is 10.6 Å². The van der Waals surface area contributed by atoms with Crippen LogP contribution in [0.1, 0.15) is 17.7 Å². The van der Waals surface area contributed by atoms with Crippen molar-refractivity contribution in [1.29, 1.82) is 0 Å². The normalized spacial score (nSPS) is 17.2. The zero-order valence-electron chi connectivity index (χ0n) is 11.7. The minimum absolute atomic E-state index is 0.00407. The summed E-state index contributed by atoms with van der Waals surface area (Å²) in [5, 5.41) is 10.5. The number of hydrogen-bond donors (Lipinski definition) is 2. The smallest absolute Gasteiger partial charge is 0.246 e. The number of nitrogens with zero attached hydrogens (tertiary/aromatic N) is 2. The fourth-order valence-corrected chi connectivity index (χ4v) is 2.58. The summed E-state index contributed by atoms with van der Waals surface area (Å²) in [6.45, 7) is 1.89. The molecule has 1 unspecified atom stereocenters. The molecule has 1 aliphatic heterocycles. The predicted molar refractivity (Wildman–Crippen MR) is 78.7 cm³/mol. The van der Waals surface area contributed by atoms with E-state index in [4.69, 9.17) is 0 Å². The minimum atomic E-state index is -0.190. The molecule has 104 valence electrons. The number of aryl methyl sites for hydroxylation is 3. The Balaban J connectivity index is 1.72. The Bertz CT molecular complexity index is 647. The quantitative estimate of drug-likeness (QED) is 0.878. The van der Waals surface area contributed by atoms with Crippen molar-refractivity contribution >= 4 is 17.3 Å². The Labute approximate surface area is 118 Å². The number of hydrogen-bond acceptors (Lipinski definition) is 3. The second-order valence-corrected chi connectivity index (χ2v) is 5.18. The fourth-order valence-electron chi connectivity index (χ4n) is 2.58. The maximum atomic E-state index is 12.3. The lowest BCUT2D eigenvalue weighted by Gasteiger charge is -2.26. The van der Waals surface area contributed by atoms with Gasteiger partial charge in [0.2, 0.25) is 5.91 Å². The van der Waals surface area contributed by atoms with Crippen molar-refractivity contribution in [2.75, 3.05) is 10.6 Å². The summed E-state index contributed by atoms with van der Waals surface area (Å²) in [5.41, 5.74) is 3.94. The summed E-state index contributed by atoms with van der Waals surface area (Å²) in [7, 11) is 1.85. The van der Waals surface area contributed by atoms with E-state index in [1.165, 1.54) is 5.56 Å². The maximum absolute atomic E-state index is 12.3. The average molecular weight is 270 g/mol. The van der Waals surface area contributed by atoms with E-state index in [1.807, 2.05) is 38.4 Å². The summed E-state index contributed by atoms with van der Waals surface area (Å²) in [6, 6.07) is 7.94. The maximum Gasteiger partial charge on any atom is 0.246 e. The zero-order chi connectivity index (χ0) is 14.1. The number of nitrogens with one attached hydrogen (secondary N) is 2. The Morgan fingerprint density at radius 3 is 3.00 bits per heavy atom. The standard InChI is InChI=1S/C15H18N4O/c1-10-14(9-19(2)18-10)17-15(20)13-8-7-11-5-3-4-6-12(11)16-13/h3-6,9,13,16H,7-8H2,1-2H3,(H,17,20). The van der Waals surface area contributed by atoms with Crippen LogP contribution in [0.15, 0.2) is 30.5 Å². The van der Waals surface area contributed by atoms with Crippen LogP contribution in [0.4, 0.5) is 11.4 Å². The van der Waals surface area contributed by atoms with Crippen LogP contribution in [-0.4, -0.2) is 21.7 Å². The molecule has 3 rings (SSSR count). The topological polar surface area (TPSA) is 59.0 Å². The van der Waals surface area contributed by atoms with Crippen molar-refractivity contribution in [3.63, 3.8) is 0 Å². The van der Waals surface area contributed by atoms with Gasteiger partial charge in [0, 0.05) is 18.9 Å². The van der Waals surface area contributed by atoms with Gasteiger partial charge >= 0.3 is 0 Å². The van der Waals surface area contributed by atoms with Gasteiger partial charge in [-0.25, -0.2) is 0 Å². The lowest BCUT2D eigenvalue weighted by Crippen LogP contribution is -2.37. The van der Waals surface area contributed by atoms with Crippen molar-refractivity contribution < 1.29 is 4.79 Å². The van der Waals surface area contributed by atoms with Crippen molar-refractivity contribution in [2.45, 2.75) is 25.8 Å². The molecule has 2 heterocycles. The molecule has 0 aliphatic carbocycles. The summed E-state index contributed by atoms with van der Waals surface area (Å²) in [4.78, 5) is 12.3. The van der Waals surface area contributed by atoms with Crippen molar-refractivity contribution in [3.05, 3.63) is 41.7 Å². The third-order valence-corrected chi connectivity index (χ3v) is 3.64. The lowest BCUT2D eigenvalue weighted by molar-refractivity contribution is -0.117. The van der Waals surface area contributed by atoms with Gasteiger partial charge in [0.15, 0.2) is 0 Å². The number of rotatable bonds is 2.